The van der Waals surface area contributed by atoms with Crippen molar-refractivity contribution in [3.8, 4) is 0 Å². The van der Waals surface area contributed by atoms with E-state index in [1.54, 1.807) is 0 Å². The number of thiophene rings is 1. The maximum absolute atomic E-state index is 12.5. The van der Waals surface area contributed by atoms with Crippen molar-refractivity contribution in [1.82, 2.24) is 10.2 Å². The maximum atomic E-state index is 12.5. The Hall–Kier alpha value is -2.36. The Labute approximate surface area is 178 Å². The highest BCUT2D eigenvalue weighted by atomic mass is 32.2. The Balaban J connectivity index is 1.44. The fourth-order valence-corrected chi connectivity index (χ4v) is 4.52. The van der Waals surface area contributed by atoms with E-state index >= 15 is 0 Å². The molecule has 1 fully saturated rings. The molecule has 0 spiro atoms. The molecule has 1 saturated heterocycles. The van der Waals surface area contributed by atoms with Gasteiger partial charge in [-0.2, -0.15) is 11.3 Å². The molecule has 154 valence electrons. The SMILES string of the molecule is NC(=O)CSc1ccccc1NC(=O)CN1CCC(NC(=O)c2ccsc2)CC1. The van der Waals surface area contributed by atoms with Crippen LogP contribution in [-0.4, -0.2) is 54.1 Å². The molecule has 1 aliphatic heterocycles. The first-order valence-electron chi connectivity index (χ1n) is 9.36. The number of nitrogens with two attached hydrogens (primary N) is 1. The number of carbonyl (C=O) groups is 3. The number of hydrogen-bond acceptors (Lipinski definition) is 6. The predicted molar refractivity (Wildman–Crippen MR) is 116 cm³/mol. The van der Waals surface area contributed by atoms with Crippen molar-refractivity contribution < 1.29 is 14.4 Å². The number of para-hydroxylation sites is 1. The summed E-state index contributed by atoms with van der Waals surface area (Å²) in [6, 6.07) is 9.31. The topological polar surface area (TPSA) is 105 Å². The molecule has 0 aliphatic carbocycles. The molecule has 2 heterocycles. The van der Waals surface area contributed by atoms with E-state index in [1.807, 2.05) is 41.1 Å². The normalized spacial score (nSPS) is 15.0. The minimum Gasteiger partial charge on any atom is -0.369 e. The van der Waals surface area contributed by atoms with E-state index in [0.717, 1.165) is 30.8 Å². The first kappa shape index (κ1) is 21.4. The van der Waals surface area contributed by atoms with Gasteiger partial charge in [-0.15, -0.1) is 11.8 Å². The van der Waals surface area contributed by atoms with Gasteiger partial charge in [0, 0.05) is 35.0 Å². The van der Waals surface area contributed by atoms with Gasteiger partial charge in [0.2, 0.25) is 11.8 Å². The molecule has 1 aromatic carbocycles. The van der Waals surface area contributed by atoms with E-state index < -0.39 is 5.91 Å². The summed E-state index contributed by atoms with van der Waals surface area (Å²) < 4.78 is 0. The molecule has 9 heteroatoms. The summed E-state index contributed by atoms with van der Waals surface area (Å²) >= 11 is 2.81. The van der Waals surface area contributed by atoms with E-state index in [4.69, 9.17) is 5.73 Å². The zero-order valence-corrected chi connectivity index (χ0v) is 17.6. The van der Waals surface area contributed by atoms with Crippen molar-refractivity contribution in [2.75, 3.05) is 30.7 Å². The number of nitrogens with one attached hydrogen (secondary N) is 2. The van der Waals surface area contributed by atoms with Crippen LogP contribution in [0.3, 0.4) is 0 Å². The highest BCUT2D eigenvalue weighted by Crippen LogP contribution is 2.26. The summed E-state index contributed by atoms with van der Waals surface area (Å²) in [6.07, 6.45) is 1.63. The van der Waals surface area contributed by atoms with Crippen LogP contribution in [0.4, 0.5) is 5.69 Å². The number of nitrogens with zero attached hydrogens (tertiary/aromatic N) is 1. The lowest BCUT2D eigenvalue weighted by Gasteiger charge is -2.31. The van der Waals surface area contributed by atoms with Gasteiger partial charge in [0.05, 0.1) is 18.0 Å². The lowest BCUT2D eigenvalue weighted by Crippen LogP contribution is -2.46. The van der Waals surface area contributed by atoms with Crippen LogP contribution in [-0.2, 0) is 9.59 Å². The van der Waals surface area contributed by atoms with Gasteiger partial charge < -0.3 is 16.4 Å². The number of hydrogen-bond donors (Lipinski definition) is 3. The number of thioether (sulfide) groups is 1. The lowest BCUT2D eigenvalue weighted by molar-refractivity contribution is -0.117. The van der Waals surface area contributed by atoms with Crippen molar-refractivity contribution >= 4 is 46.5 Å². The molecule has 3 rings (SSSR count). The summed E-state index contributed by atoms with van der Waals surface area (Å²) in [5, 5.41) is 9.72. The average Bonchev–Trinajstić information content (AvgIpc) is 3.24. The van der Waals surface area contributed by atoms with Gasteiger partial charge in [0.25, 0.3) is 5.91 Å². The van der Waals surface area contributed by atoms with Crippen molar-refractivity contribution in [2.45, 2.75) is 23.8 Å². The number of rotatable bonds is 8. The molecule has 1 aromatic heterocycles. The molecule has 7 nitrogen and oxygen atoms in total. The number of carbonyl (C=O) groups excluding carboxylic acids is 3. The van der Waals surface area contributed by atoms with E-state index in [1.165, 1.54) is 23.1 Å². The summed E-state index contributed by atoms with van der Waals surface area (Å²) in [7, 11) is 0. The van der Waals surface area contributed by atoms with Gasteiger partial charge in [-0.05, 0) is 36.4 Å². The van der Waals surface area contributed by atoms with Gasteiger partial charge in [-0.25, -0.2) is 0 Å². The molecular weight excluding hydrogens is 408 g/mol. The van der Waals surface area contributed by atoms with Crippen molar-refractivity contribution in [3.05, 3.63) is 46.7 Å². The molecule has 1 aliphatic rings. The first-order chi connectivity index (χ1) is 14.0. The first-order valence-corrected chi connectivity index (χ1v) is 11.3. The molecule has 0 radical (unpaired) electrons. The molecule has 0 atom stereocenters. The molecule has 4 N–H and O–H groups in total. The van der Waals surface area contributed by atoms with Crippen LogP contribution in [0.5, 0.6) is 0 Å². The number of piperidine rings is 1. The Kier molecular flexibility index (Phi) is 7.68. The minimum atomic E-state index is -0.398. The molecule has 2 aromatic rings. The Morgan fingerprint density at radius 3 is 2.62 bits per heavy atom. The van der Waals surface area contributed by atoms with Crippen LogP contribution in [0.2, 0.25) is 0 Å². The summed E-state index contributed by atoms with van der Waals surface area (Å²) in [4.78, 5) is 38.5. The zero-order chi connectivity index (χ0) is 20.6. The number of benzene rings is 1. The summed E-state index contributed by atoms with van der Waals surface area (Å²) in [5.74, 6) is -0.368. The van der Waals surface area contributed by atoms with Crippen LogP contribution in [0.25, 0.3) is 0 Å². The van der Waals surface area contributed by atoms with Gasteiger partial charge in [-0.3, -0.25) is 19.3 Å². The van der Waals surface area contributed by atoms with E-state index in [-0.39, 0.29) is 23.6 Å². The van der Waals surface area contributed by atoms with Gasteiger partial charge in [-0.1, -0.05) is 12.1 Å². The number of anilines is 1. The van der Waals surface area contributed by atoms with Crippen LogP contribution >= 0.6 is 23.1 Å². The van der Waals surface area contributed by atoms with Crippen LogP contribution in [0.1, 0.15) is 23.2 Å². The smallest absolute Gasteiger partial charge is 0.252 e. The van der Waals surface area contributed by atoms with E-state index in [2.05, 4.69) is 15.5 Å². The van der Waals surface area contributed by atoms with Gasteiger partial charge in [0.1, 0.15) is 0 Å². The summed E-state index contributed by atoms with van der Waals surface area (Å²) in [5.41, 5.74) is 6.59. The van der Waals surface area contributed by atoms with Crippen LogP contribution in [0.15, 0.2) is 46.0 Å². The van der Waals surface area contributed by atoms with Crippen molar-refractivity contribution in [1.29, 1.82) is 0 Å². The fraction of sp³-hybridized carbons (Fsp3) is 0.350. The van der Waals surface area contributed by atoms with Crippen molar-refractivity contribution in [3.63, 3.8) is 0 Å². The number of likely N-dealkylation sites (tertiary alicyclic amines) is 1. The third-order valence-corrected chi connectivity index (χ3v) is 6.38. The fourth-order valence-electron chi connectivity index (χ4n) is 3.14. The van der Waals surface area contributed by atoms with Crippen LogP contribution in [0, 0.1) is 0 Å². The predicted octanol–water partition coefficient (Wildman–Crippen LogP) is 2.16. The maximum Gasteiger partial charge on any atom is 0.252 e. The molecule has 0 saturated carbocycles. The molecular formula is C20H24N4O3S2. The van der Waals surface area contributed by atoms with E-state index in [9.17, 15) is 14.4 Å². The second-order valence-electron chi connectivity index (χ2n) is 6.84. The second kappa shape index (κ2) is 10.4. The highest BCUT2D eigenvalue weighted by molar-refractivity contribution is 8.00. The van der Waals surface area contributed by atoms with E-state index in [0.29, 0.717) is 17.8 Å². The third kappa shape index (κ3) is 6.59. The number of amides is 3. The highest BCUT2D eigenvalue weighted by Gasteiger charge is 2.23. The Bertz CT molecular complexity index is 849. The number of primary amides is 1. The molecule has 0 unspecified atom stereocenters. The zero-order valence-electron chi connectivity index (χ0n) is 15.9. The molecule has 3 amide bonds. The van der Waals surface area contributed by atoms with Crippen LogP contribution < -0.4 is 16.4 Å². The third-order valence-electron chi connectivity index (χ3n) is 4.60. The largest absolute Gasteiger partial charge is 0.369 e. The molecule has 0 bridgehead atoms. The van der Waals surface area contributed by atoms with Crippen molar-refractivity contribution in [2.24, 2.45) is 5.73 Å². The molecule has 29 heavy (non-hydrogen) atoms. The van der Waals surface area contributed by atoms with Gasteiger partial charge in [0.15, 0.2) is 0 Å². The summed E-state index contributed by atoms with van der Waals surface area (Å²) in [6.45, 7) is 1.79. The minimum absolute atomic E-state index is 0.0347. The Morgan fingerprint density at radius 2 is 1.93 bits per heavy atom. The Morgan fingerprint density at radius 1 is 1.17 bits per heavy atom. The second-order valence-corrected chi connectivity index (χ2v) is 8.63. The lowest BCUT2D eigenvalue weighted by atomic mass is 10.0. The standard InChI is InChI=1S/C20H24N4O3S2/c21-18(25)13-29-17-4-2-1-3-16(17)23-19(26)11-24-8-5-15(6-9-24)22-20(27)14-7-10-28-12-14/h1-4,7,10,12,15H,5-6,8-9,11,13H2,(H2,21,25)(H,22,27)(H,23,26). The monoisotopic (exact) mass is 432 g/mol. The quantitative estimate of drug-likeness (QED) is 0.555. The average molecular weight is 433 g/mol. The van der Waals surface area contributed by atoms with Gasteiger partial charge >= 0.3 is 0 Å².